The van der Waals surface area contributed by atoms with Gasteiger partial charge >= 0.3 is 0 Å². The first-order valence-corrected chi connectivity index (χ1v) is 11.8. The second kappa shape index (κ2) is 7.01. The lowest BCUT2D eigenvalue weighted by Crippen LogP contribution is -2.59. The maximum atomic E-state index is 13.3. The number of rotatable bonds is 2. The molecule has 0 radical (unpaired) electrons. The Morgan fingerprint density at radius 1 is 1.07 bits per heavy atom. The number of aliphatic hydroxyl groups is 1. The van der Waals surface area contributed by atoms with Crippen LogP contribution in [-0.2, 0) is 11.2 Å². The molecule has 1 aromatic rings. The van der Waals surface area contributed by atoms with Gasteiger partial charge in [-0.2, -0.15) is 0 Å². The Morgan fingerprint density at radius 2 is 1.86 bits per heavy atom. The lowest BCUT2D eigenvalue weighted by molar-refractivity contribution is -0.160. The van der Waals surface area contributed by atoms with Crippen LogP contribution in [-0.4, -0.2) is 27.8 Å². The molecular formula is C25H35NO3. The van der Waals surface area contributed by atoms with Crippen LogP contribution in [0.2, 0.25) is 0 Å². The molecule has 3 saturated carbocycles. The zero-order chi connectivity index (χ0) is 20.2. The first-order valence-electron chi connectivity index (χ1n) is 11.8. The number of phenols is 1. The van der Waals surface area contributed by atoms with Gasteiger partial charge in [-0.25, -0.2) is 0 Å². The smallest absolute Gasteiger partial charge is 0.252 e. The number of hydrogen-bond donors (Lipinski definition) is 3. The van der Waals surface area contributed by atoms with Gasteiger partial charge in [0.15, 0.2) is 0 Å². The Bertz CT molecular complexity index is 801. The summed E-state index contributed by atoms with van der Waals surface area (Å²) in [7, 11) is 0. The van der Waals surface area contributed by atoms with E-state index in [1.54, 1.807) is 0 Å². The second-order valence-electron chi connectivity index (χ2n) is 10.5. The first-order chi connectivity index (χ1) is 13.9. The third-order valence-electron chi connectivity index (χ3n) is 9.18. The van der Waals surface area contributed by atoms with Gasteiger partial charge < -0.3 is 15.5 Å². The van der Waals surface area contributed by atoms with Crippen LogP contribution in [0, 0.1) is 17.3 Å². The van der Waals surface area contributed by atoms with Gasteiger partial charge in [0.2, 0.25) is 0 Å². The van der Waals surface area contributed by atoms with Crippen molar-refractivity contribution in [3.63, 3.8) is 0 Å². The van der Waals surface area contributed by atoms with E-state index in [2.05, 4.69) is 18.3 Å². The predicted octanol–water partition coefficient (Wildman–Crippen LogP) is 4.43. The molecule has 3 N–H and O–H groups in total. The Labute approximate surface area is 174 Å². The van der Waals surface area contributed by atoms with Crippen LogP contribution in [0.3, 0.4) is 0 Å². The van der Waals surface area contributed by atoms with Crippen molar-refractivity contribution in [2.24, 2.45) is 17.3 Å². The highest BCUT2D eigenvalue weighted by molar-refractivity contribution is 5.86. The minimum absolute atomic E-state index is 0.103. The number of amides is 1. The van der Waals surface area contributed by atoms with Gasteiger partial charge in [0.1, 0.15) is 11.4 Å². The quantitative estimate of drug-likeness (QED) is 0.691. The summed E-state index contributed by atoms with van der Waals surface area (Å²) < 4.78 is 0. The van der Waals surface area contributed by atoms with Crippen molar-refractivity contribution >= 4 is 5.91 Å². The van der Waals surface area contributed by atoms with Gasteiger partial charge in [-0.05, 0) is 92.4 Å². The molecule has 4 aliphatic carbocycles. The molecule has 0 spiro atoms. The minimum Gasteiger partial charge on any atom is -0.508 e. The maximum absolute atomic E-state index is 13.3. The highest BCUT2D eigenvalue weighted by atomic mass is 16.3. The summed E-state index contributed by atoms with van der Waals surface area (Å²) in [6.07, 6.45) is 11.3. The third kappa shape index (κ3) is 2.93. The average Bonchev–Trinajstić information content (AvgIpc) is 3.00. The summed E-state index contributed by atoms with van der Waals surface area (Å²) in [5, 5.41) is 24.8. The molecule has 4 aliphatic rings. The van der Waals surface area contributed by atoms with Gasteiger partial charge in [-0.15, -0.1) is 0 Å². The molecule has 3 fully saturated rings. The zero-order valence-corrected chi connectivity index (χ0v) is 17.6. The van der Waals surface area contributed by atoms with Crippen LogP contribution in [0.1, 0.15) is 88.2 Å². The van der Waals surface area contributed by atoms with Crippen molar-refractivity contribution in [3.8, 4) is 5.75 Å². The van der Waals surface area contributed by atoms with Crippen molar-refractivity contribution in [2.45, 2.75) is 95.1 Å². The Balaban J connectivity index is 1.38. The van der Waals surface area contributed by atoms with E-state index in [4.69, 9.17) is 0 Å². The summed E-state index contributed by atoms with van der Waals surface area (Å²) in [4.78, 5) is 13.3. The topological polar surface area (TPSA) is 69.6 Å². The van der Waals surface area contributed by atoms with E-state index >= 15 is 0 Å². The summed E-state index contributed by atoms with van der Waals surface area (Å²) in [6, 6.07) is 6.11. The molecule has 0 heterocycles. The monoisotopic (exact) mass is 397 g/mol. The summed E-state index contributed by atoms with van der Waals surface area (Å²) in [5.41, 5.74) is 1.12. The van der Waals surface area contributed by atoms with Crippen molar-refractivity contribution in [3.05, 3.63) is 29.3 Å². The minimum atomic E-state index is -1.23. The lowest BCUT2D eigenvalue weighted by atomic mass is 9.53. The second-order valence-corrected chi connectivity index (χ2v) is 10.5. The number of carbonyl (C=O) groups excluding carboxylic acids is 1. The molecule has 158 valence electrons. The van der Waals surface area contributed by atoms with Gasteiger partial charge in [-0.3, -0.25) is 4.79 Å². The predicted molar refractivity (Wildman–Crippen MR) is 113 cm³/mol. The van der Waals surface area contributed by atoms with E-state index in [0.717, 1.165) is 44.9 Å². The van der Waals surface area contributed by atoms with Crippen molar-refractivity contribution in [1.29, 1.82) is 0 Å². The van der Waals surface area contributed by atoms with Crippen LogP contribution in [0.15, 0.2) is 18.2 Å². The van der Waals surface area contributed by atoms with Crippen LogP contribution < -0.4 is 5.32 Å². The molecule has 4 heteroatoms. The molecule has 4 nitrogen and oxygen atoms in total. The first kappa shape index (κ1) is 19.4. The molecule has 1 amide bonds. The summed E-state index contributed by atoms with van der Waals surface area (Å²) in [5.74, 6) is 1.68. The van der Waals surface area contributed by atoms with Crippen LogP contribution >= 0.6 is 0 Å². The molecule has 5 rings (SSSR count). The number of aryl methyl sites for hydroxylation is 1. The number of nitrogens with one attached hydrogen (secondary N) is 1. The number of benzene rings is 1. The number of phenolic OH excluding ortho intramolecular Hbond substituents is 1. The molecule has 29 heavy (non-hydrogen) atoms. The molecule has 0 saturated heterocycles. The molecule has 0 aliphatic heterocycles. The van der Waals surface area contributed by atoms with Gasteiger partial charge in [-0.1, -0.05) is 32.3 Å². The molecule has 0 bridgehead atoms. The normalized spacial score (nSPS) is 39.3. The molecule has 1 aromatic carbocycles. The number of carbonyl (C=O) groups is 1. The van der Waals surface area contributed by atoms with Gasteiger partial charge in [0.25, 0.3) is 5.91 Å². The largest absolute Gasteiger partial charge is 0.508 e. The van der Waals surface area contributed by atoms with E-state index < -0.39 is 5.60 Å². The Hall–Kier alpha value is -1.55. The van der Waals surface area contributed by atoms with Crippen LogP contribution in [0.5, 0.6) is 5.75 Å². The third-order valence-corrected chi connectivity index (χ3v) is 9.18. The lowest BCUT2D eigenvalue weighted by Gasteiger charge is -2.52. The summed E-state index contributed by atoms with van der Waals surface area (Å²) in [6.45, 7) is 2.19. The molecular weight excluding hydrogens is 362 g/mol. The fourth-order valence-electron chi connectivity index (χ4n) is 7.51. The highest BCUT2D eigenvalue weighted by Gasteiger charge is 2.64. The Kier molecular flexibility index (Phi) is 4.69. The van der Waals surface area contributed by atoms with Crippen LogP contribution in [0.4, 0.5) is 0 Å². The number of aromatic hydroxyl groups is 1. The van der Waals surface area contributed by atoms with Crippen molar-refractivity contribution in [2.75, 3.05) is 0 Å². The van der Waals surface area contributed by atoms with E-state index in [1.807, 2.05) is 12.1 Å². The van der Waals surface area contributed by atoms with E-state index in [9.17, 15) is 15.0 Å². The maximum Gasteiger partial charge on any atom is 0.252 e. The molecule has 3 unspecified atom stereocenters. The molecule has 0 aromatic heterocycles. The summed E-state index contributed by atoms with van der Waals surface area (Å²) >= 11 is 0. The van der Waals surface area contributed by atoms with E-state index in [-0.39, 0.29) is 17.4 Å². The van der Waals surface area contributed by atoms with E-state index in [0.29, 0.717) is 29.9 Å². The number of fused-ring (bicyclic) bond motifs is 5. The standard InChI is InChI=1S/C25H35NO3/c1-24-13-11-20-19-10-8-18(27)15-16(19)7-9-21(20)22(24)12-14-25(24,29)23(28)26-17-5-3-2-4-6-17/h8,10,15,17,20-22,27,29H,2-7,9,11-14H2,1H3,(H,26,28)/t20?,21?,22?,24-,25-/m0/s1. The zero-order valence-electron chi connectivity index (χ0n) is 17.6. The Morgan fingerprint density at radius 3 is 2.66 bits per heavy atom. The highest BCUT2D eigenvalue weighted by Crippen LogP contribution is 2.64. The molecule has 5 atom stereocenters. The number of hydrogen-bond acceptors (Lipinski definition) is 3. The van der Waals surface area contributed by atoms with Crippen molar-refractivity contribution in [1.82, 2.24) is 5.32 Å². The fourth-order valence-corrected chi connectivity index (χ4v) is 7.51. The van der Waals surface area contributed by atoms with Gasteiger partial charge in [0, 0.05) is 11.5 Å². The average molecular weight is 398 g/mol. The van der Waals surface area contributed by atoms with Crippen molar-refractivity contribution < 1.29 is 15.0 Å². The van der Waals surface area contributed by atoms with Gasteiger partial charge in [0.05, 0.1) is 0 Å². The van der Waals surface area contributed by atoms with Crippen LogP contribution in [0.25, 0.3) is 0 Å². The van der Waals surface area contributed by atoms with E-state index in [1.165, 1.54) is 30.4 Å². The fraction of sp³-hybridized carbons (Fsp3) is 0.720. The SMILES string of the molecule is C[C@]12CCC3c4ccc(O)cc4CCC3C1CC[C@]2(O)C(=O)NC1CCCCC1.